The molecule has 32 heavy (non-hydrogen) atoms. The van der Waals surface area contributed by atoms with Crippen molar-refractivity contribution in [2.24, 2.45) is 7.05 Å². The van der Waals surface area contributed by atoms with Crippen molar-refractivity contribution in [3.8, 4) is 5.75 Å². The number of rotatable bonds is 5. The van der Waals surface area contributed by atoms with E-state index in [0.29, 0.717) is 23.4 Å². The standard InChI is InChI=1S/C24H24FN3O4/c1-26-20-10-9-17(31-2)12-19(20)21-22(26)23(29)28(14-18-4-3-11-32-18)24(30)27(21)13-15-5-7-16(25)8-6-15/h5-10,12,18H,3-4,11,13-14H2,1-2H3. The molecule has 166 valence electrons. The molecule has 1 aliphatic rings. The highest BCUT2D eigenvalue weighted by Crippen LogP contribution is 2.29. The minimum Gasteiger partial charge on any atom is -0.497 e. The summed E-state index contributed by atoms with van der Waals surface area (Å²) in [6.45, 7) is 1.05. The van der Waals surface area contributed by atoms with E-state index in [4.69, 9.17) is 9.47 Å². The van der Waals surface area contributed by atoms with Gasteiger partial charge in [0.05, 0.1) is 37.3 Å². The van der Waals surface area contributed by atoms with Crippen molar-refractivity contribution in [1.82, 2.24) is 13.7 Å². The van der Waals surface area contributed by atoms with Gasteiger partial charge in [0, 0.05) is 19.0 Å². The van der Waals surface area contributed by atoms with Crippen LogP contribution in [0.4, 0.5) is 4.39 Å². The van der Waals surface area contributed by atoms with Gasteiger partial charge in [-0.05, 0) is 48.7 Å². The van der Waals surface area contributed by atoms with E-state index < -0.39 is 5.69 Å². The maximum absolute atomic E-state index is 13.6. The van der Waals surface area contributed by atoms with Crippen LogP contribution < -0.4 is 16.0 Å². The van der Waals surface area contributed by atoms with E-state index in [-0.39, 0.29) is 30.6 Å². The minimum atomic E-state index is -0.405. The molecular formula is C24H24FN3O4. The number of nitrogens with zero attached hydrogens (tertiary/aromatic N) is 3. The normalized spacial score (nSPS) is 16.3. The second-order valence-electron chi connectivity index (χ2n) is 8.19. The van der Waals surface area contributed by atoms with E-state index in [1.165, 1.54) is 16.7 Å². The van der Waals surface area contributed by atoms with Crippen LogP contribution in [0.3, 0.4) is 0 Å². The van der Waals surface area contributed by atoms with Gasteiger partial charge in [-0.15, -0.1) is 0 Å². The summed E-state index contributed by atoms with van der Waals surface area (Å²) < 4.78 is 29.2. The monoisotopic (exact) mass is 437 g/mol. The van der Waals surface area contributed by atoms with E-state index in [0.717, 1.165) is 29.3 Å². The Hall–Kier alpha value is -3.39. The number of aryl methyl sites for hydroxylation is 1. The van der Waals surface area contributed by atoms with Crippen LogP contribution in [0.1, 0.15) is 18.4 Å². The Morgan fingerprint density at radius 1 is 1.09 bits per heavy atom. The molecule has 0 N–H and O–H groups in total. The summed E-state index contributed by atoms with van der Waals surface area (Å²) in [7, 11) is 3.40. The van der Waals surface area contributed by atoms with Gasteiger partial charge in [0.2, 0.25) is 0 Å². The molecule has 1 saturated heterocycles. The smallest absolute Gasteiger partial charge is 0.331 e. The molecule has 7 nitrogen and oxygen atoms in total. The number of halogens is 1. The Bertz CT molecular complexity index is 1430. The number of hydrogen-bond acceptors (Lipinski definition) is 4. The second-order valence-corrected chi connectivity index (χ2v) is 8.19. The SMILES string of the molecule is COc1ccc2c(c1)c1c(c(=O)n(CC3CCCO3)c(=O)n1Cc1ccc(F)cc1)n2C. The zero-order valence-corrected chi connectivity index (χ0v) is 18.0. The van der Waals surface area contributed by atoms with Gasteiger partial charge in [0.15, 0.2) is 0 Å². The van der Waals surface area contributed by atoms with Crippen LogP contribution in [0, 0.1) is 5.82 Å². The summed E-state index contributed by atoms with van der Waals surface area (Å²) in [4.78, 5) is 27.1. The zero-order valence-electron chi connectivity index (χ0n) is 18.0. The molecule has 0 saturated carbocycles. The highest BCUT2D eigenvalue weighted by atomic mass is 19.1. The predicted molar refractivity (Wildman–Crippen MR) is 120 cm³/mol. The molecule has 2 aromatic carbocycles. The maximum Gasteiger partial charge on any atom is 0.331 e. The van der Waals surface area contributed by atoms with Gasteiger partial charge >= 0.3 is 5.69 Å². The molecule has 1 aliphatic heterocycles. The van der Waals surface area contributed by atoms with Crippen LogP contribution in [0.15, 0.2) is 52.1 Å². The molecule has 0 radical (unpaired) electrons. The van der Waals surface area contributed by atoms with Gasteiger partial charge in [-0.3, -0.25) is 13.9 Å². The fraction of sp³-hybridized carbons (Fsp3) is 0.333. The highest BCUT2D eigenvalue weighted by molar-refractivity contribution is 6.06. The first-order valence-corrected chi connectivity index (χ1v) is 10.6. The molecule has 0 amide bonds. The lowest BCUT2D eigenvalue weighted by molar-refractivity contribution is 0.0948. The summed E-state index contributed by atoms with van der Waals surface area (Å²) >= 11 is 0. The lowest BCUT2D eigenvalue weighted by atomic mass is 10.2. The van der Waals surface area contributed by atoms with Crippen LogP contribution in [0.5, 0.6) is 5.75 Å². The first-order valence-electron chi connectivity index (χ1n) is 10.6. The molecule has 8 heteroatoms. The number of benzene rings is 2. The lowest BCUT2D eigenvalue weighted by Crippen LogP contribution is -2.42. The number of aromatic nitrogens is 3. The summed E-state index contributed by atoms with van der Waals surface area (Å²) in [5.74, 6) is 0.291. The quantitative estimate of drug-likeness (QED) is 0.481. The largest absolute Gasteiger partial charge is 0.497 e. The van der Waals surface area contributed by atoms with Crippen molar-refractivity contribution in [3.63, 3.8) is 0 Å². The van der Waals surface area contributed by atoms with E-state index >= 15 is 0 Å². The number of ether oxygens (including phenoxy) is 2. The van der Waals surface area contributed by atoms with Crippen LogP contribution in [-0.4, -0.2) is 33.5 Å². The first-order chi connectivity index (χ1) is 15.5. The van der Waals surface area contributed by atoms with Crippen molar-refractivity contribution in [2.75, 3.05) is 13.7 Å². The predicted octanol–water partition coefficient (Wildman–Crippen LogP) is 3.03. The summed E-state index contributed by atoms with van der Waals surface area (Å²) in [5.41, 5.74) is 1.82. The van der Waals surface area contributed by atoms with Crippen molar-refractivity contribution >= 4 is 21.9 Å². The fourth-order valence-corrected chi connectivity index (χ4v) is 4.58. The Labute approximate surface area is 183 Å². The van der Waals surface area contributed by atoms with Gasteiger partial charge in [-0.1, -0.05) is 12.1 Å². The molecule has 0 spiro atoms. The number of hydrogen-bond donors (Lipinski definition) is 0. The van der Waals surface area contributed by atoms with Gasteiger partial charge < -0.3 is 14.0 Å². The Morgan fingerprint density at radius 2 is 1.88 bits per heavy atom. The van der Waals surface area contributed by atoms with Crippen molar-refractivity contribution < 1.29 is 13.9 Å². The summed E-state index contributed by atoms with van der Waals surface area (Å²) in [5, 5.41) is 0.752. The molecule has 3 heterocycles. The van der Waals surface area contributed by atoms with Gasteiger partial charge in [0.25, 0.3) is 5.56 Å². The third kappa shape index (κ3) is 3.31. The molecule has 5 rings (SSSR count). The molecule has 2 aromatic heterocycles. The van der Waals surface area contributed by atoms with E-state index in [1.807, 2.05) is 29.8 Å². The zero-order chi connectivity index (χ0) is 22.4. The molecule has 1 unspecified atom stereocenters. The Morgan fingerprint density at radius 3 is 2.56 bits per heavy atom. The van der Waals surface area contributed by atoms with Crippen molar-refractivity contribution in [1.29, 1.82) is 0 Å². The van der Waals surface area contributed by atoms with E-state index in [1.54, 1.807) is 23.8 Å². The summed E-state index contributed by atoms with van der Waals surface area (Å²) in [6, 6.07) is 11.6. The number of methoxy groups -OCH3 is 1. The van der Waals surface area contributed by atoms with Gasteiger partial charge in [-0.2, -0.15) is 0 Å². The third-order valence-electron chi connectivity index (χ3n) is 6.22. The van der Waals surface area contributed by atoms with E-state index in [2.05, 4.69) is 0 Å². The highest BCUT2D eigenvalue weighted by Gasteiger charge is 2.24. The summed E-state index contributed by atoms with van der Waals surface area (Å²) in [6.07, 6.45) is 1.57. The molecule has 1 atom stereocenters. The van der Waals surface area contributed by atoms with Gasteiger partial charge in [-0.25, -0.2) is 9.18 Å². The molecule has 4 aromatic rings. The lowest BCUT2D eigenvalue weighted by Gasteiger charge is -2.16. The maximum atomic E-state index is 13.6. The topological polar surface area (TPSA) is 67.4 Å². The van der Waals surface area contributed by atoms with E-state index in [9.17, 15) is 14.0 Å². The average Bonchev–Trinajstić information content (AvgIpc) is 3.41. The third-order valence-corrected chi connectivity index (χ3v) is 6.22. The first kappa shape index (κ1) is 20.5. The number of fused-ring (bicyclic) bond motifs is 3. The van der Waals surface area contributed by atoms with Crippen molar-refractivity contribution in [3.05, 3.63) is 74.7 Å². The van der Waals surface area contributed by atoms with Crippen LogP contribution in [0.2, 0.25) is 0 Å². The molecular weight excluding hydrogens is 413 g/mol. The Kier molecular flexibility index (Phi) is 5.09. The Balaban J connectivity index is 1.82. The average molecular weight is 437 g/mol. The van der Waals surface area contributed by atoms with Gasteiger partial charge in [0.1, 0.15) is 17.1 Å². The second kappa shape index (κ2) is 7.94. The van der Waals surface area contributed by atoms with Crippen LogP contribution in [-0.2, 0) is 24.9 Å². The van der Waals surface area contributed by atoms with Crippen LogP contribution in [0.25, 0.3) is 21.9 Å². The minimum absolute atomic E-state index is 0.160. The van der Waals surface area contributed by atoms with Crippen LogP contribution >= 0.6 is 0 Å². The molecule has 0 aliphatic carbocycles. The fourth-order valence-electron chi connectivity index (χ4n) is 4.58. The van der Waals surface area contributed by atoms with Crippen molar-refractivity contribution in [2.45, 2.75) is 32.0 Å². The molecule has 1 fully saturated rings. The molecule has 0 bridgehead atoms.